The Bertz CT molecular complexity index is 707. The van der Waals surface area contributed by atoms with Crippen LogP contribution in [0, 0.1) is 6.92 Å². The number of carbonyl (C=O) groups is 2. The second kappa shape index (κ2) is 8.38. The van der Waals surface area contributed by atoms with Crippen molar-refractivity contribution < 1.29 is 14.3 Å². The van der Waals surface area contributed by atoms with Gasteiger partial charge in [0.1, 0.15) is 5.60 Å². The summed E-state index contributed by atoms with van der Waals surface area (Å²) in [6.07, 6.45) is -0.282. The summed E-state index contributed by atoms with van der Waals surface area (Å²) < 4.78 is 5.46. The lowest BCUT2D eigenvalue weighted by Gasteiger charge is -2.38. The molecule has 2 amide bonds. The Hall–Kier alpha value is -1.95. The van der Waals surface area contributed by atoms with E-state index < -0.39 is 5.60 Å². The van der Waals surface area contributed by atoms with Crippen LogP contribution in [0.15, 0.2) is 12.1 Å². The highest BCUT2D eigenvalue weighted by Crippen LogP contribution is 2.33. The maximum atomic E-state index is 12.3. The van der Waals surface area contributed by atoms with Crippen molar-refractivity contribution in [3.8, 4) is 0 Å². The molecule has 150 valence electrons. The van der Waals surface area contributed by atoms with Crippen LogP contribution in [0.3, 0.4) is 0 Å². The van der Waals surface area contributed by atoms with Gasteiger partial charge in [-0.1, -0.05) is 17.7 Å². The average Bonchev–Trinajstić information content (AvgIpc) is 2.55. The van der Waals surface area contributed by atoms with Crippen LogP contribution in [0.4, 0.5) is 10.5 Å². The predicted molar refractivity (Wildman–Crippen MR) is 108 cm³/mol. The van der Waals surface area contributed by atoms with Crippen LogP contribution < -0.4 is 10.2 Å². The fourth-order valence-corrected chi connectivity index (χ4v) is 3.31. The molecule has 1 N–H and O–H groups in total. The smallest absolute Gasteiger partial charge is 0.410 e. The number of nitrogens with one attached hydrogen (secondary N) is 1. The minimum absolute atomic E-state index is 0.0733. The summed E-state index contributed by atoms with van der Waals surface area (Å²) >= 11 is 6.37. The van der Waals surface area contributed by atoms with Gasteiger partial charge in [0.25, 0.3) is 0 Å². The van der Waals surface area contributed by atoms with Gasteiger partial charge in [-0.2, -0.15) is 0 Å². The van der Waals surface area contributed by atoms with Gasteiger partial charge in [-0.25, -0.2) is 4.79 Å². The molecular formula is C20H30ClN3O3. The Labute approximate surface area is 166 Å². The fraction of sp³-hybridized carbons (Fsp3) is 0.600. The van der Waals surface area contributed by atoms with Gasteiger partial charge in [-0.15, -0.1) is 0 Å². The summed E-state index contributed by atoms with van der Waals surface area (Å²) in [4.78, 5) is 27.7. The van der Waals surface area contributed by atoms with Crippen molar-refractivity contribution in [1.29, 1.82) is 0 Å². The first-order valence-electron chi connectivity index (χ1n) is 9.28. The van der Waals surface area contributed by atoms with Gasteiger partial charge in [0.2, 0.25) is 5.91 Å². The highest BCUT2D eigenvalue weighted by molar-refractivity contribution is 6.31. The molecule has 27 heavy (non-hydrogen) atoms. The maximum Gasteiger partial charge on any atom is 0.410 e. The second-order valence-corrected chi connectivity index (χ2v) is 8.44. The number of ether oxygens (including phenoxy) is 1. The van der Waals surface area contributed by atoms with Gasteiger partial charge >= 0.3 is 6.09 Å². The van der Waals surface area contributed by atoms with Crippen LogP contribution in [0.2, 0.25) is 5.02 Å². The lowest BCUT2D eigenvalue weighted by molar-refractivity contribution is -0.119. The summed E-state index contributed by atoms with van der Waals surface area (Å²) in [6.45, 7) is 13.5. The van der Waals surface area contributed by atoms with Crippen molar-refractivity contribution in [2.75, 3.05) is 31.1 Å². The van der Waals surface area contributed by atoms with E-state index in [4.69, 9.17) is 16.3 Å². The van der Waals surface area contributed by atoms with Gasteiger partial charge in [-0.05, 0) is 51.8 Å². The van der Waals surface area contributed by atoms with Crippen molar-refractivity contribution >= 4 is 29.3 Å². The third-order valence-electron chi connectivity index (χ3n) is 4.47. The molecule has 0 saturated carbocycles. The molecule has 0 aliphatic carbocycles. The fourth-order valence-electron chi connectivity index (χ4n) is 3.15. The Kier molecular flexibility index (Phi) is 6.63. The highest BCUT2D eigenvalue weighted by atomic mass is 35.5. The molecule has 0 radical (unpaired) electrons. The molecule has 1 unspecified atom stereocenters. The monoisotopic (exact) mass is 395 g/mol. The van der Waals surface area contributed by atoms with Crippen molar-refractivity contribution in [2.45, 2.75) is 53.2 Å². The van der Waals surface area contributed by atoms with Crippen LogP contribution in [0.5, 0.6) is 0 Å². The molecule has 0 aromatic heterocycles. The first kappa shape index (κ1) is 21.4. The van der Waals surface area contributed by atoms with E-state index in [9.17, 15) is 9.59 Å². The van der Waals surface area contributed by atoms with E-state index in [0.717, 1.165) is 16.8 Å². The van der Waals surface area contributed by atoms with E-state index in [1.807, 2.05) is 46.8 Å². The molecule has 1 heterocycles. The predicted octanol–water partition coefficient (Wildman–Crippen LogP) is 3.90. The van der Waals surface area contributed by atoms with Crippen LogP contribution >= 0.6 is 11.6 Å². The number of nitrogens with zero attached hydrogens (tertiary/aromatic N) is 2. The second-order valence-electron chi connectivity index (χ2n) is 8.04. The van der Waals surface area contributed by atoms with E-state index in [-0.39, 0.29) is 18.0 Å². The van der Waals surface area contributed by atoms with Crippen molar-refractivity contribution in [1.82, 2.24) is 10.2 Å². The molecule has 1 fully saturated rings. The van der Waals surface area contributed by atoms with Gasteiger partial charge in [0.15, 0.2) is 0 Å². The third kappa shape index (κ3) is 5.76. The van der Waals surface area contributed by atoms with Crippen molar-refractivity contribution in [3.63, 3.8) is 0 Å². The third-order valence-corrected chi connectivity index (χ3v) is 4.87. The standard InChI is InChI=1S/C20H30ClN3O3/c1-13-11-16(14(2)22-15(3)25)18(12-17(13)21)23-7-9-24(10-8-23)19(26)27-20(4,5)6/h11-12,14H,7-10H2,1-6H3,(H,22,25). The SMILES string of the molecule is CC(=O)NC(C)c1cc(C)c(Cl)cc1N1CCN(C(=O)OC(C)(C)C)CC1. The summed E-state index contributed by atoms with van der Waals surface area (Å²) in [6, 6.07) is 3.85. The number of hydrogen-bond donors (Lipinski definition) is 1. The van der Waals surface area contributed by atoms with Gasteiger partial charge in [0.05, 0.1) is 6.04 Å². The molecule has 1 aromatic carbocycles. The molecule has 1 aromatic rings. The number of amides is 2. The average molecular weight is 396 g/mol. The minimum atomic E-state index is -0.500. The number of benzene rings is 1. The molecule has 7 heteroatoms. The van der Waals surface area contributed by atoms with E-state index >= 15 is 0 Å². The van der Waals surface area contributed by atoms with Crippen molar-refractivity contribution in [3.05, 3.63) is 28.3 Å². The number of piperazine rings is 1. The van der Waals surface area contributed by atoms with Crippen LogP contribution in [0.1, 0.15) is 51.8 Å². The van der Waals surface area contributed by atoms with E-state index in [1.54, 1.807) is 4.90 Å². The zero-order valence-corrected chi connectivity index (χ0v) is 17.8. The molecule has 1 aliphatic rings. The van der Waals surface area contributed by atoms with Crippen molar-refractivity contribution in [2.24, 2.45) is 0 Å². The van der Waals surface area contributed by atoms with E-state index in [2.05, 4.69) is 10.2 Å². The Balaban J connectivity index is 2.16. The topological polar surface area (TPSA) is 61.9 Å². The first-order chi connectivity index (χ1) is 12.5. The summed E-state index contributed by atoms with van der Waals surface area (Å²) in [5.41, 5.74) is 2.49. The van der Waals surface area contributed by atoms with Gasteiger partial charge < -0.3 is 19.9 Å². The molecule has 1 saturated heterocycles. The summed E-state index contributed by atoms with van der Waals surface area (Å²) in [7, 11) is 0. The minimum Gasteiger partial charge on any atom is -0.444 e. The molecule has 2 rings (SSSR count). The normalized spacial score (nSPS) is 16.1. The zero-order chi connectivity index (χ0) is 20.4. The maximum absolute atomic E-state index is 12.3. The number of rotatable bonds is 3. The number of carbonyl (C=O) groups excluding carboxylic acids is 2. The number of aryl methyl sites for hydroxylation is 1. The number of halogens is 1. The van der Waals surface area contributed by atoms with Crippen LogP contribution in [-0.2, 0) is 9.53 Å². The van der Waals surface area contributed by atoms with E-state index in [1.165, 1.54) is 6.92 Å². The van der Waals surface area contributed by atoms with Crippen LogP contribution in [0.25, 0.3) is 0 Å². The molecule has 1 atom stereocenters. The number of hydrogen-bond acceptors (Lipinski definition) is 4. The summed E-state index contributed by atoms with van der Waals surface area (Å²) in [5, 5.41) is 3.64. The Morgan fingerprint density at radius 1 is 1.19 bits per heavy atom. The molecule has 1 aliphatic heterocycles. The Morgan fingerprint density at radius 3 is 2.30 bits per heavy atom. The lowest BCUT2D eigenvalue weighted by Crippen LogP contribution is -2.50. The van der Waals surface area contributed by atoms with Crippen LogP contribution in [-0.4, -0.2) is 48.7 Å². The molecule has 0 spiro atoms. The molecular weight excluding hydrogens is 366 g/mol. The quantitative estimate of drug-likeness (QED) is 0.843. The Morgan fingerprint density at radius 2 is 1.78 bits per heavy atom. The zero-order valence-electron chi connectivity index (χ0n) is 17.1. The largest absolute Gasteiger partial charge is 0.444 e. The van der Waals surface area contributed by atoms with Gasteiger partial charge in [-0.3, -0.25) is 4.79 Å². The highest BCUT2D eigenvalue weighted by Gasteiger charge is 2.27. The molecule has 6 nitrogen and oxygen atoms in total. The first-order valence-corrected chi connectivity index (χ1v) is 9.65. The summed E-state index contributed by atoms with van der Waals surface area (Å²) in [5.74, 6) is -0.0733. The van der Waals surface area contributed by atoms with E-state index in [0.29, 0.717) is 31.2 Å². The van der Waals surface area contributed by atoms with Gasteiger partial charge in [0, 0.05) is 43.8 Å². The lowest BCUT2D eigenvalue weighted by atomic mass is 10.0. The molecule has 0 bridgehead atoms. The number of anilines is 1.